The number of likely N-dealkylation sites (N-methyl/N-ethyl adjacent to an activating group) is 1. The Hall–Kier alpha value is -0.770. The van der Waals surface area contributed by atoms with Gasteiger partial charge in [-0.2, -0.15) is 0 Å². The van der Waals surface area contributed by atoms with Crippen LogP contribution in [0.5, 0.6) is 0 Å². The van der Waals surface area contributed by atoms with Gasteiger partial charge in [0.15, 0.2) is 0 Å². The van der Waals surface area contributed by atoms with Crippen molar-refractivity contribution >= 4 is 29.9 Å². The lowest BCUT2D eigenvalue weighted by Gasteiger charge is -2.25. The number of amides is 1. The van der Waals surface area contributed by atoms with E-state index in [1.807, 2.05) is 38.1 Å². The van der Waals surface area contributed by atoms with Crippen molar-refractivity contribution in [2.45, 2.75) is 39.2 Å². The average Bonchev–Trinajstić information content (AvgIpc) is 2.36. The largest absolute Gasteiger partial charge is 0.354 e. The van der Waals surface area contributed by atoms with Crippen molar-refractivity contribution in [1.82, 2.24) is 10.6 Å². The van der Waals surface area contributed by atoms with Gasteiger partial charge >= 0.3 is 0 Å². The molecule has 0 bridgehead atoms. The smallest absolute Gasteiger partial charge is 0.230 e. The van der Waals surface area contributed by atoms with Gasteiger partial charge in [-0.3, -0.25) is 4.79 Å². The molecule has 2 N–H and O–H groups in total. The molecule has 0 aliphatic rings. The zero-order valence-electron chi connectivity index (χ0n) is 12.5. The lowest BCUT2D eigenvalue weighted by atomic mass is 9.83. The third-order valence-corrected chi connectivity index (χ3v) is 3.51. The van der Waals surface area contributed by atoms with Crippen molar-refractivity contribution in [3.05, 3.63) is 34.9 Å². The number of halogens is 2. The van der Waals surface area contributed by atoms with Crippen LogP contribution in [0.25, 0.3) is 0 Å². The van der Waals surface area contributed by atoms with E-state index in [1.165, 1.54) is 0 Å². The lowest BCUT2D eigenvalue weighted by Crippen LogP contribution is -2.45. The minimum Gasteiger partial charge on any atom is -0.354 e. The van der Waals surface area contributed by atoms with Crippen molar-refractivity contribution in [3.63, 3.8) is 0 Å². The van der Waals surface area contributed by atoms with Crippen LogP contribution in [0.15, 0.2) is 24.3 Å². The van der Waals surface area contributed by atoms with Gasteiger partial charge in [0, 0.05) is 17.6 Å². The highest BCUT2D eigenvalue weighted by atomic mass is 35.5. The number of nitrogens with one attached hydrogen (secondary N) is 2. The standard InChI is InChI=1S/C15H23ClN2O.ClH/c1-5-17-11(2)10-18-14(19)15(3,4)12-6-8-13(16)9-7-12;/h6-9,11,17H,5,10H2,1-4H3,(H,18,19);1H/t11-;/m1./s1. The minimum atomic E-state index is -0.559. The number of carbonyl (C=O) groups is 1. The van der Waals surface area contributed by atoms with Crippen LogP contribution in [0.1, 0.15) is 33.3 Å². The summed E-state index contributed by atoms with van der Waals surface area (Å²) < 4.78 is 0. The summed E-state index contributed by atoms with van der Waals surface area (Å²) in [6.07, 6.45) is 0. The number of carbonyl (C=O) groups excluding carboxylic acids is 1. The highest BCUT2D eigenvalue weighted by Crippen LogP contribution is 2.24. The first-order valence-electron chi connectivity index (χ1n) is 6.65. The molecule has 5 heteroatoms. The Morgan fingerprint density at radius 3 is 2.35 bits per heavy atom. The van der Waals surface area contributed by atoms with E-state index in [0.717, 1.165) is 12.1 Å². The number of hydrogen-bond acceptors (Lipinski definition) is 2. The van der Waals surface area contributed by atoms with Gasteiger partial charge in [0.1, 0.15) is 0 Å². The van der Waals surface area contributed by atoms with E-state index in [9.17, 15) is 4.79 Å². The minimum absolute atomic E-state index is 0. The third-order valence-electron chi connectivity index (χ3n) is 3.25. The van der Waals surface area contributed by atoms with Crippen molar-refractivity contribution < 1.29 is 4.79 Å². The van der Waals surface area contributed by atoms with E-state index in [4.69, 9.17) is 11.6 Å². The summed E-state index contributed by atoms with van der Waals surface area (Å²) in [5.74, 6) is 0.0274. The molecule has 114 valence electrons. The lowest BCUT2D eigenvalue weighted by molar-refractivity contribution is -0.125. The monoisotopic (exact) mass is 318 g/mol. The summed E-state index contributed by atoms with van der Waals surface area (Å²) in [6.45, 7) is 9.48. The quantitative estimate of drug-likeness (QED) is 0.846. The van der Waals surface area contributed by atoms with Gasteiger partial charge < -0.3 is 10.6 Å². The van der Waals surface area contributed by atoms with Crippen molar-refractivity contribution in [3.8, 4) is 0 Å². The molecule has 0 saturated carbocycles. The summed E-state index contributed by atoms with van der Waals surface area (Å²) in [4.78, 5) is 12.3. The normalized spacial score (nSPS) is 12.4. The molecule has 1 rings (SSSR count). The SMILES string of the molecule is CCN[C@H](C)CNC(=O)C(C)(C)c1ccc(Cl)cc1.Cl. The fourth-order valence-corrected chi connectivity index (χ4v) is 2.01. The highest BCUT2D eigenvalue weighted by molar-refractivity contribution is 6.30. The predicted octanol–water partition coefficient (Wildman–Crippen LogP) is 3.15. The van der Waals surface area contributed by atoms with Crippen LogP contribution in [0, 0.1) is 0 Å². The maximum Gasteiger partial charge on any atom is 0.230 e. The molecule has 0 heterocycles. The molecule has 20 heavy (non-hydrogen) atoms. The van der Waals surface area contributed by atoms with Crippen molar-refractivity contribution in [2.75, 3.05) is 13.1 Å². The van der Waals surface area contributed by atoms with Gasteiger partial charge in [-0.15, -0.1) is 12.4 Å². The molecule has 0 radical (unpaired) electrons. The maximum atomic E-state index is 12.3. The first-order chi connectivity index (χ1) is 8.87. The summed E-state index contributed by atoms with van der Waals surface area (Å²) in [5, 5.41) is 6.93. The molecule has 0 aliphatic heterocycles. The van der Waals surface area contributed by atoms with E-state index in [1.54, 1.807) is 0 Å². The average molecular weight is 319 g/mol. The summed E-state index contributed by atoms with van der Waals surface area (Å²) in [7, 11) is 0. The Morgan fingerprint density at radius 1 is 1.30 bits per heavy atom. The molecule has 0 fully saturated rings. The first kappa shape index (κ1) is 19.2. The van der Waals surface area contributed by atoms with Crippen LogP contribution in [0.3, 0.4) is 0 Å². The topological polar surface area (TPSA) is 41.1 Å². The fraction of sp³-hybridized carbons (Fsp3) is 0.533. The molecule has 0 saturated heterocycles. The van der Waals surface area contributed by atoms with Crippen LogP contribution in [-0.4, -0.2) is 25.0 Å². The van der Waals surface area contributed by atoms with E-state index in [0.29, 0.717) is 11.6 Å². The highest BCUT2D eigenvalue weighted by Gasteiger charge is 2.29. The first-order valence-corrected chi connectivity index (χ1v) is 7.03. The van der Waals surface area contributed by atoms with Crippen LogP contribution >= 0.6 is 24.0 Å². The molecule has 1 aromatic rings. The molecule has 0 aromatic heterocycles. The molecule has 3 nitrogen and oxygen atoms in total. The number of rotatable bonds is 6. The van der Waals surface area contributed by atoms with Crippen LogP contribution in [-0.2, 0) is 10.2 Å². The van der Waals surface area contributed by atoms with Crippen molar-refractivity contribution in [2.24, 2.45) is 0 Å². The number of hydrogen-bond donors (Lipinski definition) is 2. The van der Waals surface area contributed by atoms with E-state index in [2.05, 4.69) is 24.5 Å². The van der Waals surface area contributed by atoms with Crippen molar-refractivity contribution in [1.29, 1.82) is 0 Å². The molecule has 0 spiro atoms. The van der Waals surface area contributed by atoms with Gasteiger partial charge in [-0.1, -0.05) is 30.7 Å². The molecule has 0 aliphatic carbocycles. The van der Waals surface area contributed by atoms with E-state index in [-0.39, 0.29) is 24.4 Å². The second kappa shape index (κ2) is 8.50. The third kappa shape index (κ3) is 5.31. The predicted molar refractivity (Wildman–Crippen MR) is 87.9 cm³/mol. The van der Waals surface area contributed by atoms with Crippen LogP contribution < -0.4 is 10.6 Å². The van der Waals surface area contributed by atoms with Gasteiger partial charge in [-0.25, -0.2) is 0 Å². The van der Waals surface area contributed by atoms with Gasteiger partial charge in [0.05, 0.1) is 5.41 Å². The Bertz CT molecular complexity index is 418. The zero-order chi connectivity index (χ0) is 14.5. The van der Waals surface area contributed by atoms with Crippen LogP contribution in [0.4, 0.5) is 0 Å². The Balaban J connectivity index is 0.00000361. The molecular formula is C15H24Cl2N2O. The zero-order valence-corrected chi connectivity index (χ0v) is 14.1. The fourth-order valence-electron chi connectivity index (χ4n) is 1.89. The molecule has 0 unspecified atom stereocenters. The summed E-state index contributed by atoms with van der Waals surface area (Å²) >= 11 is 5.87. The van der Waals surface area contributed by atoms with E-state index < -0.39 is 5.41 Å². The second-order valence-electron chi connectivity index (χ2n) is 5.30. The molecule has 1 aromatic carbocycles. The van der Waals surface area contributed by atoms with Gasteiger partial charge in [-0.05, 0) is 45.0 Å². The Morgan fingerprint density at radius 2 is 1.85 bits per heavy atom. The molecule has 1 atom stereocenters. The van der Waals surface area contributed by atoms with E-state index >= 15 is 0 Å². The summed E-state index contributed by atoms with van der Waals surface area (Å²) in [5.41, 5.74) is 0.404. The van der Waals surface area contributed by atoms with Gasteiger partial charge in [0.2, 0.25) is 5.91 Å². The summed E-state index contributed by atoms with van der Waals surface area (Å²) in [6, 6.07) is 7.70. The van der Waals surface area contributed by atoms with Gasteiger partial charge in [0.25, 0.3) is 0 Å². The molecular weight excluding hydrogens is 295 g/mol. The maximum absolute atomic E-state index is 12.3. The second-order valence-corrected chi connectivity index (χ2v) is 5.74. The Kier molecular flexibility index (Phi) is 8.17. The Labute approximate surface area is 132 Å². The molecule has 1 amide bonds. The van der Waals surface area contributed by atoms with Crippen LogP contribution in [0.2, 0.25) is 5.02 Å². The number of benzene rings is 1.